The third kappa shape index (κ3) is 4.51. The van der Waals surface area contributed by atoms with Gasteiger partial charge in [-0.25, -0.2) is 8.42 Å². The van der Waals surface area contributed by atoms with Crippen LogP contribution in [0, 0.1) is 11.3 Å². The molecule has 128 valence electrons. The third-order valence-corrected chi connectivity index (χ3v) is 5.96. The summed E-state index contributed by atoms with van der Waals surface area (Å²) in [4.78, 5) is 16.0. The van der Waals surface area contributed by atoms with Crippen molar-refractivity contribution >= 4 is 15.9 Å². The summed E-state index contributed by atoms with van der Waals surface area (Å²) in [5, 5.41) is 2.96. The smallest absolute Gasteiger partial charge is 0.244 e. The van der Waals surface area contributed by atoms with Gasteiger partial charge in [0, 0.05) is 37.4 Å². The molecule has 0 radical (unpaired) electrons. The van der Waals surface area contributed by atoms with Gasteiger partial charge in [0.25, 0.3) is 0 Å². The van der Waals surface area contributed by atoms with Gasteiger partial charge in [-0.05, 0) is 30.9 Å². The number of hydrogen-bond acceptors (Lipinski definition) is 4. The van der Waals surface area contributed by atoms with E-state index in [1.807, 2.05) is 20.8 Å². The Morgan fingerprint density at radius 1 is 1.35 bits per heavy atom. The van der Waals surface area contributed by atoms with Crippen LogP contribution < -0.4 is 5.32 Å². The van der Waals surface area contributed by atoms with Crippen LogP contribution in [0.5, 0.6) is 0 Å². The molecular weight excluding hydrogens is 314 g/mol. The van der Waals surface area contributed by atoms with Crippen LogP contribution in [0.2, 0.25) is 0 Å². The molecule has 0 saturated carbocycles. The standard InChI is InChI=1S/C16H25N3O3S/c1-16(2,3)15(20)18-11-13-6-9-19(10-7-13)23(21,22)14-5-4-8-17-12-14/h4-5,8,12-13H,6-7,9-11H2,1-3H3,(H,18,20). The summed E-state index contributed by atoms with van der Waals surface area (Å²) >= 11 is 0. The van der Waals surface area contributed by atoms with E-state index in [0.29, 0.717) is 25.6 Å². The lowest BCUT2D eigenvalue weighted by Gasteiger charge is -2.31. The number of piperidine rings is 1. The maximum absolute atomic E-state index is 12.5. The first-order chi connectivity index (χ1) is 10.7. The molecule has 2 rings (SSSR count). The van der Waals surface area contributed by atoms with E-state index in [1.54, 1.807) is 18.3 Å². The van der Waals surface area contributed by atoms with Crippen LogP contribution in [0.25, 0.3) is 0 Å². The average molecular weight is 339 g/mol. The van der Waals surface area contributed by atoms with Crippen molar-refractivity contribution in [2.75, 3.05) is 19.6 Å². The van der Waals surface area contributed by atoms with Crippen LogP contribution in [0.3, 0.4) is 0 Å². The minimum Gasteiger partial charge on any atom is -0.355 e. The molecule has 0 aromatic carbocycles. The van der Waals surface area contributed by atoms with Crippen LogP contribution in [-0.2, 0) is 14.8 Å². The molecule has 0 spiro atoms. The molecule has 1 aliphatic rings. The topological polar surface area (TPSA) is 79.4 Å². The van der Waals surface area contributed by atoms with Crippen molar-refractivity contribution in [3.8, 4) is 0 Å². The van der Waals surface area contributed by atoms with E-state index in [9.17, 15) is 13.2 Å². The largest absolute Gasteiger partial charge is 0.355 e. The number of aromatic nitrogens is 1. The van der Waals surface area contributed by atoms with E-state index in [-0.39, 0.29) is 10.8 Å². The van der Waals surface area contributed by atoms with Crippen LogP contribution in [0.15, 0.2) is 29.4 Å². The van der Waals surface area contributed by atoms with Crippen LogP contribution >= 0.6 is 0 Å². The molecule has 7 heteroatoms. The molecular formula is C16H25N3O3S. The van der Waals surface area contributed by atoms with E-state index >= 15 is 0 Å². The second-order valence-corrected chi connectivity index (χ2v) is 8.93. The Morgan fingerprint density at radius 2 is 2.00 bits per heavy atom. The number of carbonyl (C=O) groups is 1. The third-order valence-electron chi connectivity index (χ3n) is 4.08. The molecule has 1 aliphatic heterocycles. The summed E-state index contributed by atoms with van der Waals surface area (Å²) in [6.07, 6.45) is 4.45. The Kier molecular flexibility index (Phi) is 5.41. The summed E-state index contributed by atoms with van der Waals surface area (Å²) < 4.78 is 26.5. The molecule has 0 atom stereocenters. The fraction of sp³-hybridized carbons (Fsp3) is 0.625. The number of rotatable bonds is 4. The first kappa shape index (κ1) is 17.9. The summed E-state index contributed by atoms with van der Waals surface area (Å²) in [6.45, 7) is 7.21. The summed E-state index contributed by atoms with van der Waals surface area (Å²) in [5.41, 5.74) is -0.398. The minimum atomic E-state index is -3.46. The molecule has 6 nitrogen and oxygen atoms in total. The lowest BCUT2D eigenvalue weighted by molar-refractivity contribution is -0.128. The number of carbonyl (C=O) groups excluding carboxylic acids is 1. The van der Waals surface area contributed by atoms with Gasteiger partial charge in [0.05, 0.1) is 0 Å². The molecule has 1 saturated heterocycles. The molecule has 1 N–H and O–H groups in total. The summed E-state index contributed by atoms with van der Waals surface area (Å²) in [5.74, 6) is 0.351. The highest BCUT2D eigenvalue weighted by Gasteiger charge is 2.30. The summed E-state index contributed by atoms with van der Waals surface area (Å²) in [7, 11) is -3.46. The number of nitrogens with zero attached hydrogens (tertiary/aromatic N) is 2. The van der Waals surface area contributed by atoms with Crippen LogP contribution in [0.4, 0.5) is 0 Å². The van der Waals surface area contributed by atoms with E-state index in [4.69, 9.17) is 0 Å². The van der Waals surface area contributed by atoms with E-state index in [2.05, 4.69) is 10.3 Å². The summed E-state index contributed by atoms with van der Waals surface area (Å²) in [6, 6.07) is 3.19. The average Bonchev–Trinajstić information content (AvgIpc) is 2.53. The molecule has 1 fully saturated rings. The molecule has 1 amide bonds. The van der Waals surface area contributed by atoms with Crippen molar-refractivity contribution in [2.24, 2.45) is 11.3 Å². The zero-order valence-electron chi connectivity index (χ0n) is 13.9. The highest BCUT2D eigenvalue weighted by Crippen LogP contribution is 2.23. The minimum absolute atomic E-state index is 0.0305. The van der Waals surface area contributed by atoms with Gasteiger partial charge < -0.3 is 5.32 Å². The van der Waals surface area contributed by atoms with Gasteiger partial charge in [0.15, 0.2) is 0 Å². The van der Waals surface area contributed by atoms with E-state index in [0.717, 1.165) is 12.8 Å². The fourth-order valence-corrected chi connectivity index (χ4v) is 3.94. The van der Waals surface area contributed by atoms with E-state index in [1.165, 1.54) is 10.5 Å². The molecule has 1 aromatic heterocycles. The number of sulfonamides is 1. The van der Waals surface area contributed by atoms with Gasteiger partial charge >= 0.3 is 0 Å². The van der Waals surface area contributed by atoms with Gasteiger partial charge in [-0.1, -0.05) is 20.8 Å². The molecule has 23 heavy (non-hydrogen) atoms. The van der Waals surface area contributed by atoms with Gasteiger partial charge in [-0.15, -0.1) is 0 Å². The first-order valence-electron chi connectivity index (χ1n) is 7.90. The van der Waals surface area contributed by atoms with E-state index < -0.39 is 15.4 Å². The van der Waals surface area contributed by atoms with Crippen LogP contribution in [-0.4, -0.2) is 43.2 Å². The number of pyridine rings is 1. The van der Waals surface area contributed by atoms with Crippen molar-refractivity contribution in [1.29, 1.82) is 0 Å². The maximum Gasteiger partial charge on any atom is 0.244 e. The Labute approximate surface area is 138 Å². The highest BCUT2D eigenvalue weighted by molar-refractivity contribution is 7.89. The van der Waals surface area contributed by atoms with Gasteiger partial charge in [-0.3, -0.25) is 9.78 Å². The van der Waals surface area contributed by atoms with Crippen molar-refractivity contribution in [3.63, 3.8) is 0 Å². The molecule has 1 aromatic rings. The molecule has 0 aliphatic carbocycles. The Morgan fingerprint density at radius 3 is 2.52 bits per heavy atom. The fourth-order valence-electron chi connectivity index (χ4n) is 2.50. The van der Waals surface area contributed by atoms with Crippen molar-refractivity contribution in [3.05, 3.63) is 24.5 Å². The van der Waals surface area contributed by atoms with Crippen LogP contribution in [0.1, 0.15) is 33.6 Å². The highest BCUT2D eigenvalue weighted by atomic mass is 32.2. The Bertz CT molecular complexity index is 630. The number of amides is 1. The molecule has 0 unspecified atom stereocenters. The molecule has 0 bridgehead atoms. The predicted octanol–water partition coefficient (Wildman–Crippen LogP) is 1.64. The Balaban J connectivity index is 1.88. The second kappa shape index (κ2) is 6.97. The van der Waals surface area contributed by atoms with Crippen molar-refractivity contribution < 1.29 is 13.2 Å². The lowest BCUT2D eigenvalue weighted by atomic mass is 9.94. The normalized spacial score (nSPS) is 17.9. The van der Waals surface area contributed by atoms with Gasteiger partial charge in [0.2, 0.25) is 15.9 Å². The monoisotopic (exact) mass is 339 g/mol. The van der Waals surface area contributed by atoms with Crippen molar-refractivity contribution in [1.82, 2.24) is 14.6 Å². The lowest BCUT2D eigenvalue weighted by Crippen LogP contribution is -2.43. The van der Waals surface area contributed by atoms with Gasteiger partial charge in [0.1, 0.15) is 4.90 Å². The van der Waals surface area contributed by atoms with Crippen molar-refractivity contribution in [2.45, 2.75) is 38.5 Å². The second-order valence-electron chi connectivity index (χ2n) is 7.00. The molecule has 2 heterocycles. The zero-order valence-corrected chi connectivity index (χ0v) is 14.8. The SMILES string of the molecule is CC(C)(C)C(=O)NCC1CCN(S(=O)(=O)c2cccnc2)CC1. The van der Waals surface area contributed by atoms with Gasteiger partial charge in [-0.2, -0.15) is 4.31 Å². The predicted molar refractivity (Wildman–Crippen MR) is 88.2 cm³/mol. The quantitative estimate of drug-likeness (QED) is 0.904. The maximum atomic E-state index is 12.5. The number of nitrogens with one attached hydrogen (secondary N) is 1. The zero-order chi connectivity index (χ0) is 17.1. The number of hydrogen-bond donors (Lipinski definition) is 1. The Hall–Kier alpha value is -1.47. The first-order valence-corrected chi connectivity index (χ1v) is 9.34.